The van der Waals surface area contributed by atoms with Crippen molar-refractivity contribution in [1.29, 1.82) is 0 Å². The van der Waals surface area contributed by atoms with Gasteiger partial charge in [-0.2, -0.15) is 0 Å². The Morgan fingerprint density at radius 3 is 2.95 bits per heavy atom. The molecule has 0 bridgehead atoms. The molecule has 5 heteroatoms. The highest BCUT2D eigenvalue weighted by Crippen LogP contribution is 2.40. The molecule has 1 amide bonds. The number of nitrogens with zero attached hydrogens (tertiary/aromatic N) is 1. The molecule has 1 N–H and O–H groups in total. The first-order chi connectivity index (χ1) is 10.4. The zero-order chi connectivity index (χ0) is 15.7. The summed E-state index contributed by atoms with van der Waals surface area (Å²) in [5, 5.41) is 5.73. The first-order valence-electron chi connectivity index (χ1n) is 7.72. The average molecular weight is 335 g/mol. The van der Waals surface area contributed by atoms with Gasteiger partial charge in [0, 0.05) is 9.75 Å². The predicted molar refractivity (Wildman–Crippen MR) is 93.7 cm³/mol. The molecule has 3 nitrogen and oxygen atoms in total. The molecule has 2 heterocycles. The van der Waals surface area contributed by atoms with E-state index in [1.54, 1.807) is 22.7 Å². The van der Waals surface area contributed by atoms with E-state index >= 15 is 0 Å². The molecular weight excluding hydrogens is 312 g/mol. The van der Waals surface area contributed by atoms with Crippen molar-refractivity contribution in [2.45, 2.75) is 46.5 Å². The van der Waals surface area contributed by atoms with E-state index in [0.29, 0.717) is 17.8 Å². The maximum absolute atomic E-state index is 12.1. The SMILES string of the molecule is CC(C)(C)C1CCc2nc(NC(=O)Cc3cccs3)sc2C1. The summed E-state index contributed by atoms with van der Waals surface area (Å²) >= 11 is 3.27. The molecule has 22 heavy (non-hydrogen) atoms. The maximum Gasteiger partial charge on any atom is 0.231 e. The van der Waals surface area contributed by atoms with Crippen molar-refractivity contribution in [3.63, 3.8) is 0 Å². The van der Waals surface area contributed by atoms with Crippen molar-refractivity contribution < 1.29 is 4.79 Å². The third-order valence-electron chi connectivity index (χ3n) is 4.33. The number of fused-ring (bicyclic) bond motifs is 1. The van der Waals surface area contributed by atoms with Crippen LogP contribution in [-0.2, 0) is 24.1 Å². The lowest BCUT2D eigenvalue weighted by Gasteiger charge is -2.33. The van der Waals surface area contributed by atoms with Gasteiger partial charge in [-0.05, 0) is 42.0 Å². The van der Waals surface area contributed by atoms with Crippen LogP contribution in [0, 0.1) is 11.3 Å². The molecule has 0 fully saturated rings. The lowest BCUT2D eigenvalue weighted by Crippen LogP contribution is -2.26. The van der Waals surface area contributed by atoms with Crippen LogP contribution in [0.5, 0.6) is 0 Å². The van der Waals surface area contributed by atoms with Crippen LogP contribution in [0.4, 0.5) is 5.13 Å². The minimum absolute atomic E-state index is 0.0286. The Hall–Kier alpha value is -1.20. The largest absolute Gasteiger partial charge is 0.302 e. The number of aryl methyl sites for hydroxylation is 1. The summed E-state index contributed by atoms with van der Waals surface area (Å²) in [6.07, 6.45) is 3.77. The second-order valence-electron chi connectivity index (χ2n) is 7.00. The summed E-state index contributed by atoms with van der Waals surface area (Å²) < 4.78 is 0. The monoisotopic (exact) mass is 334 g/mol. The summed E-state index contributed by atoms with van der Waals surface area (Å²) in [6.45, 7) is 6.94. The van der Waals surface area contributed by atoms with Gasteiger partial charge in [-0.15, -0.1) is 22.7 Å². The number of nitrogens with one attached hydrogen (secondary N) is 1. The average Bonchev–Trinajstić information content (AvgIpc) is 3.04. The highest BCUT2D eigenvalue weighted by atomic mass is 32.1. The molecule has 0 saturated heterocycles. The van der Waals surface area contributed by atoms with Gasteiger partial charge in [0.05, 0.1) is 12.1 Å². The molecular formula is C17H22N2OS2. The minimum atomic E-state index is 0.0286. The molecule has 0 radical (unpaired) electrons. The molecule has 0 aromatic carbocycles. The van der Waals surface area contributed by atoms with Gasteiger partial charge in [-0.25, -0.2) is 4.98 Å². The topological polar surface area (TPSA) is 42.0 Å². The van der Waals surface area contributed by atoms with Gasteiger partial charge in [0.15, 0.2) is 5.13 Å². The van der Waals surface area contributed by atoms with Crippen molar-refractivity contribution in [1.82, 2.24) is 4.98 Å². The highest BCUT2D eigenvalue weighted by molar-refractivity contribution is 7.16. The van der Waals surface area contributed by atoms with E-state index in [1.807, 2.05) is 17.5 Å². The molecule has 2 aromatic heterocycles. The standard InChI is InChI=1S/C17H22N2OS2/c1-17(2,3)11-6-7-13-14(9-11)22-16(18-13)19-15(20)10-12-5-4-8-21-12/h4-5,8,11H,6-7,9-10H2,1-3H3,(H,18,19,20). The summed E-state index contributed by atoms with van der Waals surface area (Å²) in [7, 11) is 0. The van der Waals surface area contributed by atoms with Crippen molar-refractivity contribution in [3.8, 4) is 0 Å². The number of thiophene rings is 1. The van der Waals surface area contributed by atoms with Crippen LogP contribution < -0.4 is 5.32 Å². The molecule has 1 aliphatic rings. The van der Waals surface area contributed by atoms with Gasteiger partial charge in [0.25, 0.3) is 0 Å². The zero-order valence-electron chi connectivity index (χ0n) is 13.3. The van der Waals surface area contributed by atoms with Crippen molar-refractivity contribution in [2.75, 3.05) is 5.32 Å². The summed E-state index contributed by atoms with van der Waals surface area (Å²) in [4.78, 5) is 19.2. The number of aromatic nitrogens is 1. The first kappa shape index (κ1) is 15.7. The number of carbonyl (C=O) groups excluding carboxylic acids is 1. The molecule has 1 atom stereocenters. The van der Waals surface area contributed by atoms with E-state index in [-0.39, 0.29) is 5.91 Å². The van der Waals surface area contributed by atoms with E-state index in [2.05, 4.69) is 31.1 Å². The summed E-state index contributed by atoms with van der Waals surface area (Å²) in [6, 6.07) is 3.97. The number of rotatable bonds is 3. The summed E-state index contributed by atoms with van der Waals surface area (Å²) in [5.74, 6) is 0.732. The molecule has 1 aliphatic carbocycles. The third kappa shape index (κ3) is 3.58. The van der Waals surface area contributed by atoms with Crippen LogP contribution in [0.1, 0.15) is 42.6 Å². The van der Waals surface area contributed by atoms with Gasteiger partial charge < -0.3 is 5.32 Å². The summed E-state index contributed by atoms with van der Waals surface area (Å²) in [5.41, 5.74) is 1.53. The Kier molecular flexibility index (Phi) is 4.37. The Labute approximate surface area is 139 Å². The number of hydrogen-bond donors (Lipinski definition) is 1. The van der Waals surface area contributed by atoms with Crippen LogP contribution in [0.3, 0.4) is 0 Å². The van der Waals surface area contributed by atoms with E-state index < -0.39 is 0 Å². The fourth-order valence-corrected chi connectivity index (χ4v) is 4.71. The molecule has 118 valence electrons. The molecule has 1 unspecified atom stereocenters. The Morgan fingerprint density at radius 2 is 2.27 bits per heavy atom. The third-order valence-corrected chi connectivity index (χ3v) is 6.24. The highest BCUT2D eigenvalue weighted by Gasteiger charge is 2.30. The molecule has 0 aliphatic heterocycles. The molecule has 0 spiro atoms. The van der Waals surface area contributed by atoms with Crippen LogP contribution in [0.2, 0.25) is 0 Å². The van der Waals surface area contributed by atoms with E-state index in [0.717, 1.165) is 22.9 Å². The second kappa shape index (κ2) is 6.13. The maximum atomic E-state index is 12.1. The normalized spacial score (nSPS) is 18.0. The van der Waals surface area contributed by atoms with Crippen molar-refractivity contribution in [3.05, 3.63) is 33.0 Å². The number of hydrogen-bond acceptors (Lipinski definition) is 4. The van der Waals surface area contributed by atoms with Gasteiger partial charge >= 0.3 is 0 Å². The number of amides is 1. The quantitative estimate of drug-likeness (QED) is 0.895. The fraction of sp³-hybridized carbons (Fsp3) is 0.529. The predicted octanol–water partition coefficient (Wildman–Crippen LogP) is 4.54. The number of thiazole rings is 1. The fourth-order valence-electron chi connectivity index (χ4n) is 2.90. The zero-order valence-corrected chi connectivity index (χ0v) is 14.9. The number of carbonyl (C=O) groups is 1. The molecule has 3 rings (SSSR count). The van der Waals surface area contributed by atoms with Gasteiger partial charge in [0.2, 0.25) is 5.91 Å². The van der Waals surface area contributed by atoms with Gasteiger partial charge in [-0.3, -0.25) is 4.79 Å². The van der Waals surface area contributed by atoms with Crippen LogP contribution in [-0.4, -0.2) is 10.9 Å². The molecule has 2 aromatic rings. The van der Waals surface area contributed by atoms with Crippen LogP contribution in [0.15, 0.2) is 17.5 Å². The lowest BCUT2D eigenvalue weighted by atomic mass is 9.73. The lowest BCUT2D eigenvalue weighted by molar-refractivity contribution is -0.115. The smallest absolute Gasteiger partial charge is 0.231 e. The Balaban J connectivity index is 1.65. The second-order valence-corrected chi connectivity index (χ2v) is 9.11. The van der Waals surface area contributed by atoms with E-state index in [1.165, 1.54) is 17.0 Å². The Morgan fingerprint density at radius 1 is 1.45 bits per heavy atom. The van der Waals surface area contributed by atoms with Crippen LogP contribution >= 0.6 is 22.7 Å². The first-order valence-corrected chi connectivity index (χ1v) is 9.42. The Bertz CT molecular complexity index is 653. The van der Waals surface area contributed by atoms with E-state index in [4.69, 9.17) is 0 Å². The van der Waals surface area contributed by atoms with E-state index in [9.17, 15) is 4.79 Å². The van der Waals surface area contributed by atoms with Crippen molar-refractivity contribution in [2.24, 2.45) is 11.3 Å². The minimum Gasteiger partial charge on any atom is -0.302 e. The van der Waals surface area contributed by atoms with Gasteiger partial charge in [-0.1, -0.05) is 26.8 Å². The number of anilines is 1. The van der Waals surface area contributed by atoms with Crippen molar-refractivity contribution >= 4 is 33.7 Å². The van der Waals surface area contributed by atoms with Gasteiger partial charge in [0.1, 0.15) is 0 Å². The molecule has 0 saturated carbocycles. The van der Waals surface area contributed by atoms with Crippen LogP contribution in [0.25, 0.3) is 0 Å².